The quantitative estimate of drug-likeness (QED) is 0.786. The molecule has 0 radical (unpaired) electrons. The summed E-state index contributed by atoms with van der Waals surface area (Å²) in [5.74, 6) is 0.553. The number of anilines is 2. The standard InChI is InChI=1S/C21H20N4O/c1-15-5-4-6-16(11-15)12-23-20-14-22-18(13-24-20)21(26)25-10-9-17-7-2-3-8-19(17)25/h2-8,11,13-14H,9-10,12H2,1H3,(H,23,24). The third kappa shape index (κ3) is 3.28. The molecule has 5 heteroatoms. The molecule has 1 aliphatic rings. The Morgan fingerprint density at radius 1 is 1.12 bits per heavy atom. The zero-order chi connectivity index (χ0) is 17.9. The fourth-order valence-electron chi connectivity index (χ4n) is 3.23. The molecule has 5 nitrogen and oxygen atoms in total. The summed E-state index contributed by atoms with van der Waals surface area (Å²) in [6.07, 6.45) is 4.04. The van der Waals surface area contributed by atoms with Crippen LogP contribution in [0.2, 0.25) is 0 Å². The van der Waals surface area contributed by atoms with Gasteiger partial charge in [0.25, 0.3) is 5.91 Å². The van der Waals surface area contributed by atoms with E-state index in [1.807, 2.05) is 24.3 Å². The number of para-hydroxylation sites is 1. The van der Waals surface area contributed by atoms with Gasteiger partial charge in [-0.3, -0.25) is 4.79 Å². The van der Waals surface area contributed by atoms with Crippen LogP contribution in [0.15, 0.2) is 60.9 Å². The van der Waals surface area contributed by atoms with Gasteiger partial charge in [0.2, 0.25) is 0 Å². The Kier molecular flexibility index (Phi) is 4.35. The molecule has 4 rings (SSSR count). The summed E-state index contributed by atoms with van der Waals surface area (Å²) in [4.78, 5) is 23.2. The maximum atomic E-state index is 12.7. The number of aryl methyl sites for hydroxylation is 1. The minimum absolute atomic E-state index is 0.104. The number of benzene rings is 2. The fraction of sp³-hybridized carbons (Fsp3) is 0.190. The van der Waals surface area contributed by atoms with Gasteiger partial charge in [0.1, 0.15) is 11.5 Å². The highest BCUT2D eigenvalue weighted by molar-refractivity contribution is 6.05. The predicted molar refractivity (Wildman–Crippen MR) is 102 cm³/mol. The van der Waals surface area contributed by atoms with Gasteiger partial charge in [-0.25, -0.2) is 9.97 Å². The first kappa shape index (κ1) is 16.3. The molecule has 0 saturated carbocycles. The molecule has 1 amide bonds. The minimum atomic E-state index is -0.104. The second kappa shape index (κ2) is 6.96. The first-order valence-corrected chi connectivity index (χ1v) is 8.72. The highest BCUT2D eigenvalue weighted by Gasteiger charge is 2.26. The Bertz CT molecular complexity index is 937. The van der Waals surface area contributed by atoms with Crippen LogP contribution in [-0.2, 0) is 13.0 Å². The maximum absolute atomic E-state index is 12.7. The van der Waals surface area contributed by atoms with Crippen LogP contribution in [0.4, 0.5) is 11.5 Å². The molecular weight excluding hydrogens is 324 g/mol. The van der Waals surface area contributed by atoms with Gasteiger partial charge in [0.05, 0.1) is 12.4 Å². The topological polar surface area (TPSA) is 58.1 Å². The number of nitrogens with zero attached hydrogens (tertiary/aromatic N) is 3. The highest BCUT2D eigenvalue weighted by atomic mass is 16.2. The van der Waals surface area contributed by atoms with Crippen molar-refractivity contribution in [3.05, 3.63) is 83.3 Å². The predicted octanol–water partition coefficient (Wildman–Crippen LogP) is 3.60. The van der Waals surface area contributed by atoms with E-state index in [-0.39, 0.29) is 5.91 Å². The molecule has 130 valence electrons. The number of aromatic nitrogens is 2. The Labute approximate surface area is 152 Å². The SMILES string of the molecule is Cc1cccc(CNc2cnc(C(=O)N3CCc4ccccc43)cn2)c1. The van der Waals surface area contributed by atoms with Gasteiger partial charge in [0.15, 0.2) is 0 Å². The summed E-state index contributed by atoms with van der Waals surface area (Å²) >= 11 is 0. The number of hydrogen-bond donors (Lipinski definition) is 1. The third-order valence-corrected chi connectivity index (χ3v) is 4.56. The van der Waals surface area contributed by atoms with Crippen LogP contribution in [0.1, 0.15) is 27.2 Å². The summed E-state index contributed by atoms with van der Waals surface area (Å²) in [7, 11) is 0. The van der Waals surface area contributed by atoms with E-state index < -0.39 is 0 Å². The highest BCUT2D eigenvalue weighted by Crippen LogP contribution is 2.28. The van der Waals surface area contributed by atoms with E-state index in [2.05, 4.69) is 46.5 Å². The van der Waals surface area contributed by atoms with E-state index in [9.17, 15) is 4.79 Å². The zero-order valence-corrected chi connectivity index (χ0v) is 14.6. The third-order valence-electron chi connectivity index (χ3n) is 4.56. The van der Waals surface area contributed by atoms with E-state index in [0.29, 0.717) is 24.6 Å². The molecule has 0 spiro atoms. The van der Waals surface area contributed by atoms with Crippen LogP contribution in [0.5, 0.6) is 0 Å². The van der Waals surface area contributed by atoms with E-state index in [1.54, 1.807) is 17.3 Å². The fourth-order valence-corrected chi connectivity index (χ4v) is 3.23. The number of hydrogen-bond acceptors (Lipinski definition) is 4. The molecular formula is C21H20N4O. The van der Waals surface area contributed by atoms with Gasteiger partial charge >= 0.3 is 0 Å². The monoisotopic (exact) mass is 344 g/mol. The number of amides is 1. The van der Waals surface area contributed by atoms with Crippen LogP contribution < -0.4 is 10.2 Å². The first-order chi connectivity index (χ1) is 12.7. The molecule has 1 aromatic heterocycles. The van der Waals surface area contributed by atoms with Gasteiger partial charge < -0.3 is 10.2 Å². The lowest BCUT2D eigenvalue weighted by Crippen LogP contribution is -2.29. The van der Waals surface area contributed by atoms with Crippen LogP contribution in [0.3, 0.4) is 0 Å². The van der Waals surface area contributed by atoms with E-state index in [0.717, 1.165) is 12.1 Å². The molecule has 1 aliphatic heterocycles. The van der Waals surface area contributed by atoms with Crippen molar-refractivity contribution in [1.82, 2.24) is 9.97 Å². The molecule has 0 fully saturated rings. The summed E-state index contributed by atoms with van der Waals surface area (Å²) < 4.78 is 0. The smallest absolute Gasteiger partial charge is 0.278 e. The van der Waals surface area contributed by atoms with Gasteiger partial charge in [0, 0.05) is 18.8 Å². The first-order valence-electron chi connectivity index (χ1n) is 8.72. The Morgan fingerprint density at radius 3 is 2.81 bits per heavy atom. The molecule has 0 aliphatic carbocycles. The minimum Gasteiger partial charge on any atom is -0.365 e. The number of rotatable bonds is 4. The second-order valence-corrected chi connectivity index (χ2v) is 6.46. The summed E-state index contributed by atoms with van der Waals surface area (Å²) in [6.45, 7) is 3.43. The zero-order valence-electron chi connectivity index (χ0n) is 14.6. The molecule has 0 bridgehead atoms. The summed E-state index contributed by atoms with van der Waals surface area (Å²) in [5.41, 5.74) is 4.94. The number of nitrogens with one attached hydrogen (secondary N) is 1. The second-order valence-electron chi connectivity index (χ2n) is 6.46. The van der Waals surface area contributed by atoms with Crippen molar-refractivity contribution >= 4 is 17.4 Å². The van der Waals surface area contributed by atoms with Crippen molar-refractivity contribution in [2.75, 3.05) is 16.8 Å². The van der Waals surface area contributed by atoms with Crippen molar-refractivity contribution in [2.24, 2.45) is 0 Å². The van der Waals surface area contributed by atoms with Gasteiger partial charge in [-0.15, -0.1) is 0 Å². The van der Waals surface area contributed by atoms with Crippen LogP contribution >= 0.6 is 0 Å². The van der Waals surface area contributed by atoms with Crippen LogP contribution in [0.25, 0.3) is 0 Å². The largest absolute Gasteiger partial charge is 0.365 e. The van der Waals surface area contributed by atoms with Gasteiger partial charge in [-0.1, -0.05) is 48.0 Å². The van der Waals surface area contributed by atoms with Crippen LogP contribution in [-0.4, -0.2) is 22.4 Å². The van der Waals surface area contributed by atoms with Crippen molar-refractivity contribution < 1.29 is 4.79 Å². The van der Waals surface area contributed by atoms with Gasteiger partial charge in [-0.05, 0) is 30.5 Å². The van der Waals surface area contributed by atoms with E-state index >= 15 is 0 Å². The molecule has 0 unspecified atom stereocenters. The number of carbonyl (C=O) groups excluding carboxylic acids is 1. The molecule has 1 N–H and O–H groups in total. The van der Waals surface area contributed by atoms with Crippen molar-refractivity contribution in [3.8, 4) is 0 Å². The normalized spacial score (nSPS) is 12.7. The molecule has 26 heavy (non-hydrogen) atoms. The number of carbonyl (C=O) groups is 1. The molecule has 0 atom stereocenters. The van der Waals surface area contributed by atoms with E-state index in [4.69, 9.17) is 0 Å². The van der Waals surface area contributed by atoms with Crippen molar-refractivity contribution in [3.63, 3.8) is 0 Å². The lowest BCUT2D eigenvalue weighted by Gasteiger charge is -2.16. The number of fused-ring (bicyclic) bond motifs is 1. The maximum Gasteiger partial charge on any atom is 0.278 e. The summed E-state index contributed by atoms with van der Waals surface area (Å²) in [5, 5.41) is 3.24. The van der Waals surface area contributed by atoms with E-state index in [1.165, 1.54) is 16.7 Å². The Balaban J connectivity index is 1.44. The van der Waals surface area contributed by atoms with Crippen molar-refractivity contribution in [2.45, 2.75) is 19.9 Å². The average molecular weight is 344 g/mol. The molecule has 3 aromatic rings. The van der Waals surface area contributed by atoms with Crippen LogP contribution in [0, 0.1) is 6.92 Å². The van der Waals surface area contributed by atoms with Crippen molar-refractivity contribution in [1.29, 1.82) is 0 Å². The molecule has 2 heterocycles. The lowest BCUT2D eigenvalue weighted by atomic mass is 10.1. The average Bonchev–Trinajstić information content (AvgIpc) is 3.10. The van der Waals surface area contributed by atoms with Gasteiger partial charge in [-0.2, -0.15) is 0 Å². The Hall–Kier alpha value is -3.21. The lowest BCUT2D eigenvalue weighted by molar-refractivity contribution is 0.0984. The molecule has 2 aromatic carbocycles. The molecule has 0 saturated heterocycles. The summed E-state index contributed by atoms with van der Waals surface area (Å²) in [6, 6.07) is 16.3. The Morgan fingerprint density at radius 2 is 2.00 bits per heavy atom.